The van der Waals surface area contributed by atoms with Crippen molar-refractivity contribution in [2.75, 3.05) is 6.54 Å². The number of aromatic nitrogens is 1. The maximum absolute atomic E-state index is 6.28. The Hall–Kier alpha value is -1.09. The van der Waals surface area contributed by atoms with Gasteiger partial charge in [-0.25, -0.2) is 0 Å². The Bertz CT molecular complexity index is 558. The van der Waals surface area contributed by atoms with E-state index in [1.165, 1.54) is 0 Å². The van der Waals surface area contributed by atoms with Crippen molar-refractivity contribution in [1.29, 1.82) is 0 Å². The fraction of sp³-hybridized carbons (Fsp3) is 0.353. The highest BCUT2D eigenvalue weighted by molar-refractivity contribution is 6.33. The van der Waals surface area contributed by atoms with Gasteiger partial charge in [0.2, 0.25) is 0 Å². The number of halogens is 2. The molecule has 1 aromatic heterocycles. The summed E-state index contributed by atoms with van der Waals surface area (Å²) in [5.41, 5.74) is 2.16. The van der Waals surface area contributed by atoms with Crippen LogP contribution in [0.15, 0.2) is 42.6 Å². The van der Waals surface area contributed by atoms with Gasteiger partial charge < -0.3 is 5.32 Å². The zero-order valence-electron chi connectivity index (χ0n) is 12.2. The number of pyridine rings is 1. The minimum atomic E-state index is 0.302. The van der Waals surface area contributed by atoms with Gasteiger partial charge in [0.05, 0.1) is 0 Å². The smallest absolute Gasteiger partial charge is 0.0439 e. The Morgan fingerprint density at radius 3 is 2.71 bits per heavy atom. The summed E-state index contributed by atoms with van der Waals surface area (Å²) in [5.74, 6) is 0. The van der Waals surface area contributed by atoms with E-state index >= 15 is 0 Å². The molecule has 1 heterocycles. The summed E-state index contributed by atoms with van der Waals surface area (Å²) < 4.78 is 0. The molecule has 0 saturated heterocycles. The Morgan fingerprint density at radius 2 is 2.00 bits per heavy atom. The van der Waals surface area contributed by atoms with Crippen LogP contribution < -0.4 is 5.32 Å². The van der Waals surface area contributed by atoms with Crippen molar-refractivity contribution in [2.45, 2.75) is 32.2 Å². The number of benzene rings is 1. The van der Waals surface area contributed by atoms with Crippen molar-refractivity contribution in [2.24, 2.45) is 0 Å². The van der Waals surface area contributed by atoms with Crippen molar-refractivity contribution in [3.8, 4) is 0 Å². The first kappa shape index (κ1) is 16.3. The number of rotatable bonds is 7. The first-order valence-corrected chi connectivity index (χ1v) is 8.02. The van der Waals surface area contributed by atoms with Gasteiger partial charge in [-0.2, -0.15) is 0 Å². The Labute approximate surface area is 136 Å². The average molecular weight is 323 g/mol. The van der Waals surface area contributed by atoms with Crippen LogP contribution >= 0.6 is 23.2 Å². The summed E-state index contributed by atoms with van der Waals surface area (Å²) in [6.07, 6.45) is 4.65. The highest BCUT2D eigenvalue weighted by atomic mass is 35.5. The third kappa shape index (κ3) is 5.31. The van der Waals surface area contributed by atoms with Gasteiger partial charge in [-0.3, -0.25) is 4.98 Å². The molecular formula is C17H20Cl2N2. The summed E-state index contributed by atoms with van der Waals surface area (Å²) in [7, 11) is 0. The van der Waals surface area contributed by atoms with E-state index in [0.717, 1.165) is 47.1 Å². The molecule has 0 amide bonds. The molecule has 4 heteroatoms. The van der Waals surface area contributed by atoms with Crippen molar-refractivity contribution < 1.29 is 0 Å². The highest BCUT2D eigenvalue weighted by Crippen LogP contribution is 2.22. The average Bonchev–Trinajstić information content (AvgIpc) is 2.49. The van der Waals surface area contributed by atoms with Crippen LogP contribution in [-0.4, -0.2) is 17.6 Å². The Balaban J connectivity index is 2.10. The van der Waals surface area contributed by atoms with Crippen LogP contribution in [0.2, 0.25) is 10.0 Å². The predicted molar refractivity (Wildman–Crippen MR) is 90.2 cm³/mol. The van der Waals surface area contributed by atoms with Crippen molar-refractivity contribution in [3.05, 3.63) is 63.9 Å². The lowest BCUT2D eigenvalue weighted by molar-refractivity contribution is 0.500. The Morgan fingerprint density at radius 1 is 1.14 bits per heavy atom. The standard InChI is InChI=1S/C17H20Cl2N2/c1-2-8-20-16(12-15-5-3-4-9-21-15)11-13-10-14(18)6-7-17(13)19/h3-7,9-10,16,20H,2,8,11-12H2,1H3. The van der Waals surface area contributed by atoms with E-state index in [9.17, 15) is 0 Å². The van der Waals surface area contributed by atoms with Gasteiger partial charge in [0.25, 0.3) is 0 Å². The van der Waals surface area contributed by atoms with Crippen LogP contribution in [0.4, 0.5) is 0 Å². The van der Waals surface area contributed by atoms with Gasteiger partial charge >= 0.3 is 0 Å². The van der Waals surface area contributed by atoms with E-state index in [1.807, 2.05) is 36.5 Å². The van der Waals surface area contributed by atoms with E-state index in [1.54, 1.807) is 0 Å². The summed E-state index contributed by atoms with van der Waals surface area (Å²) in [5, 5.41) is 5.06. The number of nitrogens with zero attached hydrogens (tertiary/aromatic N) is 1. The fourth-order valence-corrected chi connectivity index (χ4v) is 2.69. The van der Waals surface area contributed by atoms with Gasteiger partial charge in [-0.1, -0.05) is 36.2 Å². The summed E-state index contributed by atoms with van der Waals surface area (Å²) in [6.45, 7) is 3.15. The molecular weight excluding hydrogens is 303 g/mol. The predicted octanol–water partition coefficient (Wildman–Crippen LogP) is 4.54. The van der Waals surface area contributed by atoms with E-state index in [2.05, 4.69) is 23.3 Å². The third-order valence-electron chi connectivity index (χ3n) is 3.34. The fourth-order valence-electron chi connectivity index (χ4n) is 2.30. The molecule has 112 valence electrons. The van der Waals surface area contributed by atoms with Crippen LogP contribution in [0.1, 0.15) is 24.6 Å². The molecule has 0 bridgehead atoms. The molecule has 0 saturated carbocycles. The number of hydrogen-bond acceptors (Lipinski definition) is 2. The molecule has 1 unspecified atom stereocenters. The van der Waals surface area contributed by atoms with Gasteiger partial charge in [-0.05, 0) is 55.3 Å². The molecule has 0 aliphatic carbocycles. The van der Waals surface area contributed by atoms with E-state index in [-0.39, 0.29) is 0 Å². The lowest BCUT2D eigenvalue weighted by Crippen LogP contribution is -2.34. The van der Waals surface area contributed by atoms with Gasteiger partial charge in [0, 0.05) is 34.4 Å². The summed E-state index contributed by atoms with van der Waals surface area (Å²) >= 11 is 12.3. The molecule has 0 fully saturated rings. The van der Waals surface area contributed by atoms with Crippen molar-refractivity contribution in [3.63, 3.8) is 0 Å². The quantitative estimate of drug-likeness (QED) is 0.809. The lowest BCUT2D eigenvalue weighted by Gasteiger charge is -2.19. The molecule has 0 spiro atoms. The zero-order chi connectivity index (χ0) is 15.1. The Kier molecular flexibility index (Phi) is 6.50. The first-order chi connectivity index (χ1) is 10.2. The second kappa shape index (κ2) is 8.38. The van der Waals surface area contributed by atoms with Gasteiger partial charge in [0.15, 0.2) is 0 Å². The molecule has 0 aliphatic rings. The van der Waals surface area contributed by atoms with Gasteiger partial charge in [0.1, 0.15) is 0 Å². The molecule has 1 N–H and O–H groups in total. The minimum Gasteiger partial charge on any atom is -0.313 e. The van der Waals surface area contributed by atoms with E-state index in [0.29, 0.717) is 6.04 Å². The number of nitrogens with one attached hydrogen (secondary N) is 1. The topological polar surface area (TPSA) is 24.9 Å². The SMILES string of the molecule is CCCNC(Cc1ccccn1)Cc1cc(Cl)ccc1Cl. The largest absolute Gasteiger partial charge is 0.313 e. The van der Waals surface area contributed by atoms with Crippen LogP contribution in [-0.2, 0) is 12.8 Å². The van der Waals surface area contributed by atoms with Crippen LogP contribution in [0.5, 0.6) is 0 Å². The molecule has 0 aliphatic heterocycles. The first-order valence-electron chi connectivity index (χ1n) is 7.26. The third-order valence-corrected chi connectivity index (χ3v) is 3.94. The highest BCUT2D eigenvalue weighted by Gasteiger charge is 2.13. The molecule has 2 nitrogen and oxygen atoms in total. The van der Waals surface area contributed by atoms with E-state index < -0.39 is 0 Å². The van der Waals surface area contributed by atoms with Crippen LogP contribution in [0.25, 0.3) is 0 Å². The summed E-state index contributed by atoms with van der Waals surface area (Å²) in [6, 6.07) is 11.9. The van der Waals surface area contributed by atoms with Crippen molar-refractivity contribution in [1.82, 2.24) is 10.3 Å². The maximum Gasteiger partial charge on any atom is 0.0439 e. The number of hydrogen-bond donors (Lipinski definition) is 1. The molecule has 0 radical (unpaired) electrons. The molecule has 21 heavy (non-hydrogen) atoms. The van der Waals surface area contributed by atoms with E-state index in [4.69, 9.17) is 23.2 Å². The van der Waals surface area contributed by atoms with Crippen LogP contribution in [0, 0.1) is 0 Å². The minimum absolute atomic E-state index is 0.302. The van der Waals surface area contributed by atoms with Gasteiger partial charge in [-0.15, -0.1) is 0 Å². The molecule has 2 rings (SSSR count). The van der Waals surface area contributed by atoms with Crippen LogP contribution in [0.3, 0.4) is 0 Å². The second-order valence-electron chi connectivity index (χ2n) is 5.12. The lowest BCUT2D eigenvalue weighted by atomic mass is 10.0. The normalized spacial score (nSPS) is 12.3. The maximum atomic E-state index is 6.28. The molecule has 2 aromatic rings. The monoisotopic (exact) mass is 322 g/mol. The second-order valence-corrected chi connectivity index (χ2v) is 5.96. The molecule has 1 atom stereocenters. The summed E-state index contributed by atoms with van der Waals surface area (Å²) in [4.78, 5) is 4.41. The molecule has 1 aromatic carbocycles. The zero-order valence-corrected chi connectivity index (χ0v) is 13.7. The van der Waals surface area contributed by atoms with Crippen molar-refractivity contribution >= 4 is 23.2 Å².